The van der Waals surface area contributed by atoms with Gasteiger partial charge < -0.3 is 11.1 Å². The van der Waals surface area contributed by atoms with Crippen molar-refractivity contribution in [2.75, 3.05) is 11.9 Å². The minimum Gasteiger partial charge on any atom is -0.366 e. The Morgan fingerprint density at radius 1 is 1.17 bits per heavy atom. The fraction of sp³-hybridized carbons (Fsp3) is 0.250. The minimum absolute atomic E-state index is 0.190. The number of primary amides is 1. The number of hydrogen-bond donors (Lipinski definition) is 2. The van der Waals surface area contributed by atoms with E-state index < -0.39 is 23.3 Å². The molecule has 9 heteroatoms. The highest BCUT2D eigenvalue weighted by Gasteiger charge is 2.48. The summed E-state index contributed by atoms with van der Waals surface area (Å²) in [6.45, 7) is 0.260. The van der Waals surface area contributed by atoms with Crippen molar-refractivity contribution in [1.29, 1.82) is 0 Å². The van der Waals surface area contributed by atoms with E-state index in [1.165, 1.54) is 30.6 Å². The maximum atomic E-state index is 14.2. The number of amides is 1. The number of carbonyl (C=O) groups is 1. The van der Waals surface area contributed by atoms with Crippen molar-refractivity contribution in [3.63, 3.8) is 0 Å². The summed E-state index contributed by atoms with van der Waals surface area (Å²) >= 11 is 0. The summed E-state index contributed by atoms with van der Waals surface area (Å²) in [5, 5.41) is 3.05. The SMILES string of the molecule is NC(=O)c1ccnc(-c2cnc(NC[C@]3(c4ncccc4F)C[C@H](F)C3)nc2)c1. The normalized spacial score (nSPS) is 20.7. The molecule has 1 fully saturated rings. The highest BCUT2D eigenvalue weighted by molar-refractivity contribution is 5.93. The van der Waals surface area contributed by atoms with Crippen LogP contribution in [0.3, 0.4) is 0 Å². The third-order valence-electron chi connectivity index (χ3n) is 5.06. The highest BCUT2D eigenvalue weighted by atomic mass is 19.1. The number of hydrogen-bond acceptors (Lipinski definition) is 6. The summed E-state index contributed by atoms with van der Waals surface area (Å²) in [5.41, 5.74) is 6.27. The van der Waals surface area contributed by atoms with E-state index in [4.69, 9.17) is 5.73 Å². The average molecular weight is 396 g/mol. The van der Waals surface area contributed by atoms with Gasteiger partial charge in [-0.3, -0.25) is 14.8 Å². The smallest absolute Gasteiger partial charge is 0.248 e. The number of nitrogens with zero attached hydrogens (tertiary/aromatic N) is 4. The highest BCUT2D eigenvalue weighted by Crippen LogP contribution is 2.45. The molecule has 3 aromatic rings. The number of halogens is 2. The van der Waals surface area contributed by atoms with Gasteiger partial charge in [0.05, 0.1) is 11.4 Å². The number of carbonyl (C=O) groups excluding carboxylic acids is 1. The molecule has 4 rings (SSSR count). The van der Waals surface area contributed by atoms with Gasteiger partial charge in [0.25, 0.3) is 0 Å². The van der Waals surface area contributed by atoms with Crippen molar-refractivity contribution in [2.45, 2.75) is 24.4 Å². The van der Waals surface area contributed by atoms with Gasteiger partial charge in [-0.1, -0.05) is 0 Å². The van der Waals surface area contributed by atoms with Crippen LogP contribution in [0.4, 0.5) is 14.7 Å². The summed E-state index contributed by atoms with van der Waals surface area (Å²) in [4.78, 5) is 28.1. The molecule has 29 heavy (non-hydrogen) atoms. The van der Waals surface area contributed by atoms with Crippen molar-refractivity contribution in [2.24, 2.45) is 5.73 Å². The molecule has 7 nitrogen and oxygen atoms in total. The van der Waals surface area contributed by atoms with Gasteiger partial charge in [0.1, 0.15) is 12.0 Å². The molecule has 0 unspecified atom stereocenters. The van der Waals surface area contributed by atoms with Gasteiger partial charge in [-0.05, 0) is 37.1 Å². The zero-order valence-electron chi connectivity index (χ0n) is 15.3. The molecule has 0 radical (unpaired) electrons. The van der Waals surface area contributed by atoms with Gasteiger partial charge in [0.2, 0.25) is 11.9 Å². The van der Waals surface area contributed by atoms with Crippen LogP contribution in [0, 0.1) is 5.82 Å². The molecule has 3 heterocycles. The van der Waals surface area contributed by atoms with Crippen LogP contribution in [-0.2, 0) is 5.41 Å². The Morgan fingerprint density at radius 2 is 1.93 bits per heavy atom. The largest absolute Gasteiger partial charge is 0.366 e. The standard InChI is InChI=1S/C20H18F2N6O/c21-14-7-20(8-14,17-15(22)2-1-4-25-17)11-28-19-26-9-13(10-27-19)16-6-12(18(23)29)3-5-24-16/h1-6,9-10,14H,7-8,11H2,(H2,23,29)(H,26,27,28)/t14-,20-. The predicted octanol–water partition coefficient (Wildman–Crippen LogP) is 2.65. The Bertz CT molecular complexity index is 1040. The van der Waals surface area contributed by atoms with Crippen molar-refractivity contribution in [1.82, 2.24) is 19.9 Å². The summed E-state index contributed by atoms with van der Waals surface area (Å²) in [6, 6.07) is 5.92. The Hall–Kier alpha value is -3.49. The van der Waals surface area contributed by atoms with Crippen LogP contribution in [0.1, 0.15) is 28.9 Å². The van der Waals surface area contributed by atoms with Crippen molar-refractivity contribution < 1.29 is 13.6 Å². The van der Waals surface area contributed by atoms with Crippen LogP contribution >= 0.6 is 0 Å². The fourth-order valence-electron chi connectivity index (χ4n) is 3.53. The Morgan fingerprint density at radius 3 is 2.59 bits per heavy atom. The molecule has 1 aliphatic carbocycles. The zero-order valence-corrected chi connectivity index (χ0v) is 15.3. The van der Waals surface area contributed by atoms with E-state index in [0.29, 0.717) is 22.8 Å². The van der Waals surface area contributed by atoms with E-state index in [2.05, 4.69) is 25.3 Å². The molecule has 0 aliphatic heterocycles. The molecule has 148 valence electrons. The van der Waals surface area contributed by atoms with E-state index >= 15 is 0 Å². The summed E-state index contributed by atoms with van der Waals surface area (Å²) in [7, 11) is 0. The molecule has 0 spiro atoms. The van der Waals surface area contributed by atoms with Crippen molar-refractivity contribution in [3.8, 4) is 11.3 Å². The monoisotopic (exact) mass is 396 g/mol. The van der Waals surface area contributed by atoms with Crippen LogP contribution in [0.5, 0.6) is 0 Å². The maximum absolute atomic E-state index is 14.2. The number of rotatable bonds is 6. The maximum Gasteiger partial charge on any atom is 0.248 e. The zero-order chi connectivity index (χ0) is 20.4. The van der Waals surface area contributed by atoms with Gasteiger partial charge in [-0.25, -0.2) is 18.7 Å². The summed E-state index contributed by atoms with van der Waals surface area (Å²) < 4.78 is 27.8. The molecule has 0 aromatic carbocycles. The van der Waals surface area contributed by atoms with Gasteiger partial charge >= 0.3 is 0 Å². The molecular weight excluding hydrogens is 378 g/mol. The quantitative estimate of drug-likeness (QED) is 0.663. The molecule has 1 saturated carbocycles. The average Bonchev–Trinajstić information content (AvgIpc) is 2.71. The van der Waals surface area contributed by atoms with Crippen LogP contribution in [0.2, 0.25) is 0 Å². The van der Waals surface area contributed by atoms with E-state index in [1.54, 1.807) is 18.5 Å². The number of aromatic nitrogens is 4. The van der Waals surface area contributed by atoms with E-state index in [0.717, 1.165) is 0 Å². The lowest BCUT2D eigenvalue weighted by Gasteiger charge is -2.43. The molecular formula is C20H18F2N6O. The van der Waals surface area contributed by atoms with Gasteiger partial charge in [0, 0.05) is 47.9 Å². The van der Waals surface area contributed by atoms with E-state index in [1.807, 2.05) is 0 Å². The third-order valence-corrected chi connectivity index (χ3v) is 5.06. The Balaban J connectivity index is 1.50. The summed E-state index contributed by atoms with van der Waals surface area (Å²) in [5.74, 6) is -0.678. The summed E-state index contributed by atoms with van der Waals surface area (Å²) in [6.07, 6.45) is 5.49. The van der Waals surface area contributed by atoms with E-state index in [-0.39, 0.29) is 25.1 Å². The molecule has 0 saturated heterocycles. The van der Waals surface area contributed by atoms with Gasteiger partial charge in [-0.2, -0.15) is 0 Å². The van der Waals surface area contributed by atoms with E-state index in [9.17, 15) is 13.6 Å². The molecule has 3 N–H and O–H groups in total. The lowest BCUT2D eigenvalue weighted by Crippen LogP contribution is -2.49. The molecule has 0 bridgehead atoms. The molecule has 3 aromatic heterocycles. The first-order valence-electron chi connectivity index (χ1n) is 9.04. The lowest BCUT2D eigenvalue weighted by molar-refractivity contribution is 0.0963. The lowest BCUT2D eigenvalue weighted by atomic mass is 9.65. The molecule has 1 amide bonds. The topological polar surface area (TPSA) is 107 Å². The second-order valence-electron chi connectivity index (χ2n) is 7.06. The molecule has 0 atom stereocenters. The predicted molar refractivity (Wildman–Crippen MR) is 102 cm³/mol. The second-order valence-corrected chi connectivity index (χ2v) is 7.06. The number of nitrogens with two attached hydrogens (primary N) is 1. The Kier molecular flexibility index (Phi) is 4.87. The number of alkyl halides is 1. The first-order chi connectivity index (χ1) is 14.0. The van der Waals surface area contributed by atoms with Crippen LogP contribution in [0.15, 0.2) is 49.1 Å². The van der Waals surface area contributed by atoms with Crippen molar-refractivity contribution >= 4 is 11.9 Å². The van der Waals surface area contributed by atoms with Crippen molar-refractivity contribution in [3.05, 3.63) is 66.1 Å². The Labute approximate surface area is 165 Å². The first kappa shape index (κ1) is 18.9. The molecule has 1 aliphatic rings. The minimum atomic E-state index is -0.981. The number of anilines is 1. The van der Waals surface area contributed by atoms with Crippen LogP contribution < -0.4 is 11.1 Å². The van der Waals surface area contributed by atoms with Gasteiger partial charge in [-0.15, -0.1) is 0 Å². The number of pyridine rings is 2. The second kappa shape index (κ2) is 7.50. The van der Waals surface area contributed by atoms with Gasteiger partial charge in [0.15, 0.2) is 0 Å². The first-order valence-corrected chi connectivity index (χ1v) is 9.04. The third kappa shape index (κ3) is 3.75. The van der Waals surface area contributed by atoms with Crippen LogP contribution in [0.25, 0.3) is 11.3 Å². The fourth-order valence-corrected chi connectivity index (χ4v) is 3.53. The van der Waals surface area contributed by atoms with Crippen LogP contribution in [-0.4, -0.2) is 38.6 Å². The number of nitrogens with one attached hydrogen (secondary N) is 1.